The van der Waals surface area contributed by atoms with Gasteiger partial charge in [0.05, 0.1) is 12.6 Å². The van der Waals surface area contributed by atoms with E-state index in [1.165, 1.54) is 12.1 Å². The van der Waals surface area contributed by atoms with Crippen molar-refractivity contribution in [1.29, 1.82) is 0 Å². The summed E-state index contributed by atoms with van der Waals surface area (Å²) in [4.78, 5) is 46.9. The number of amides is 3. The number of phenolic OH excluding ortho intramolecular Hbond substituents is 1. The number of nitrogens with two attached hydrogens (primary N) is 2. The number of hydrogen-bond donors (Lipinski definition) is 7. The first-order valence-electron chi connectivity index (χ1n) is 9.53. The molecule has 2 atom stereocenters. The summed E-state index contributed by atoms with van der Waals surface area (Å²) in [6.07, 6.45) is 1.74. The molecule has 3 amide bonds. The molecule has 0 saturated heterocycles. The summed E-state index contributed by atoms with van der Waals surface area (Å²) in [5.74, 6) is -2.89. The van der Waals surface area contributed by atoms with Crippen LogP contribution in [0.25, 0.3) is 0 Å². The number of hydrogen-bond acceptors (Lipinski definition) is 7. The van der Waals surface area contributed by atoms with E-state index in [0.717, 1.165) is 5.56 Å². The average Bonchev–Trinajstić information content (AvgIpc) is 2.71. The Morgan fingerprint density at radius 1 is 0.967 bits per heavy atom. The fraction of sp³-hybridized carbons (Fsp3) is 0.474. The van der Waals surface area contributed by atoms with Crippen LogP contribution >= 0.6 is 0 Å². The van der Waals surface area contributed by atoms with Gasteiger partial charge in [-0.2, -0.15) is 0 Å². The van der Waals surface area contributed by atoms with Gasteiger partial charge in [0.2, 0.25) is 17.7 Å². The summed E-state index contributed by atoms with van der Waals surface area (Å²) in [5, 5.41) is 24.9. The zero-order valence-corrected chi connectivity index (χ0v) is 16.6. The van der Waals surface area contributed by atoms with Crippen LogP contribution in [0.2, 0.25) is 0 Å². The normalized spacial score (nSPS) is 12.5. The number of carboxylic acids is 1. The Labute approximate surface area is 174 Å². The van der Waals surface area contributed by atoms with E-state index in [0.29, 0.717) is 25.8 Å². The Bertz CT molecular complexity index is 725. The van der Waals surface area contributed by atoms with Crippen molar-refractivity contribution in [3.63, 3.8) is 0 Å². The van der Waals surface area contributed by atoms with E-state index in [4.69, 9.17) is 16.6 Å². The Balaban J connectivity index is 2.62. The molecule has 0 bridgehead atoms. The van der Waals surface area contributed by atoms with Crippen molar-refractivity contribution in [2.75, 3.05) is 19.6 Å². The second kappa shape index (κ2) is 13.1. The first kappa shape index (κ1) is 24.9. The molecule has 30 heavy (non-hydrogen) atoms. The Morgan fingerprint density at radius 3 is 2.23 bits per heavy atom. The minimum atomic E-state index is -1.20. The van der Waals surface area contributed by atoms with E-state index in [1.54, 1.807) is 12.1 Å². The SMILES string of the molecule is NCCCCC(NC(=O)C(N)Cc1ccc(O)cc1)C(=O)NCC(=O)NCC(=O)O. The summed E-state index contributed by atoms with van der Waals surface area (Å²) >= 11 is 0. The van der Waals surface area contributed by atoms with Crippen molar-refractivity contribution in [2.24, 2.45) is 11.5 Å². The third kappa shape index (κ3) is 9.85. The molecule has 1 aromatic carbocycles. The van der Waals surface area contributed by atoms with Gasteiger partial charge in [0.1, 0.15) is 18.3 Å². The van der Waals surface area contributed by atoms with Crippen LogP contribution in [0, 0.1) is 0 Å². The van der Waals surface area contributed by atoms with Crippen LogP contribution in [0.15, 0.2) is 24.3 Å². The molecular formula is C19H29N5O6. The molecule has 166 valence electrons. The van der Waals surface area contributed by atoms with Gasteiger partial charge in [0, 0.05) is 0 Å². The highest BCUT2D eigenvalue weighted by molar-refractivity contribution is 5.92. The van der Waals surface area contributed by atoms with E-state index < -0.39 is 48.9 Å². The van der Waals surface area contributed by atoms with Gasteiger partial charge in [-0.05, 0) is 49.9 Å². The fourth-order valence-electron chi connectivity index (χ4n) is 2.55. The highest BCUT2D eigenvalue weighted by atomic mass is 16.4. The molecule has 0 aromatic heterocycles. The van der Waals surface area contributed by atoms with Crippen LogP contribution in [0.1, 0.15) is 24.8 Å². The van der Waals surface area contributed by atoms with Gasteiger partial charge in [-0.3, -0.25) is 19.2 Å². The molecule has 0 heterocycles. The lowest BCUT2D eigenvalue weighted by Gasteiger charge is -2.21. The molecule has 0 aliphatic rings. The molecule has 0 aliphatic heterocycles. The minimum absolute atomic E-state index is 0.0980. The average molecular weight is 423 g/mol. The quantitative estimate of drug-likeness (QED) is 0.180. The number of benzene rings is 1. The van der Waals surface area contributed by atoms with Gasteiger partial charge in [0.15, 0.2) is 0 Å². The molecule has 0 aliphatic carbocycles. The van der Waals surface area contributed by atoms with Crippen LogP contribution in [0.3, 0.4) is 0 Å². The minimum Gasteiger partial charge on any atom is -0.508 e. The smallest absolute Gasteiger partial charge is 0.322 e. The molecule has 0 saturated carbocycles. The zero-order valence-electron chi connectivity index (χ0n) is 16.6. The Hall–Kier alpha value is -3.18. The van der Waals surface area contributed by atoms with Gasteiger partial charge in [-0.15, -0.1) is 0 Å². The number of nitrogens with one attached hydrogen (secondary N) is 3. The summed E-state index contributed by atoms with van der Waals surface area (Å²) < 4.78 is 0. The highest BCUT2D eigenvalue weighted by Crippen LogP contribution is 2.11. The topological polar surface area (TPSA) is 197 Å². The van der Waals surface area contributed by atoms with Crippen molar-refractivity contribution < 1.29 is 29.4 Å². The van der Waals surface area contributed by atoms with Gasteiger partial charge in [-0.25, -0.2) is 0 Å². The molecule has 11 nitrogen and oxygen atoms in total. The summed E-state index contributed by atoms with van der Waals surface area (Å²) in [5.41, 5.74) is 12.1. The Morgan fingerprint density at radius 2 is 1.63 bits per heavy atom. The lowest BCUT2D eigenvalue weighted by atomic mass is 10.0. The number of carbonyl (C=O) groups is 4. The van der Waals surface area contributed by atoms with Gasteiger partial charge < -0.3 is 37.6 Å². The molecule has 9 N–H and O–H groups in total. The zero-order chi connectivity index (χ0) is 22.5. The molecule has 2 unspecified atom stereocenters. The molecular weight excluding hydrogens is 394 g/mol. The maximum Gasteiger partial charge on any atom is 0.322 e. The molecule has 1 aromatic rings. The lowest BCUT2D eigenvalue weighted by Crippen LogP contribution is -2.53. The summed E-state index contributed by atoms with van der Waals surface area (Å²) in [6.45, 7) is -0.549. The third-order valence-electron chi connectivity index (χ3n) is 4.17. The van der Waals surface area contributed by atoms with Gasteiger partial charge >= 0.3 is 5.97 Å². The molecule has 11 heteroatoms. The van der Waals surface area contributed by atoms with Crippen molar-refractivity contribution in [3.05, 3.63) is 29.8 Å². The van der Waals surface area contributed by atoms with Crippen molar-refractivity contribution in [1.82, 2.24) is 16.0 Å². The Kier molecular flexibility index (Phi) is 10.9. The standard InChI is InChI=1S/C19H29N5O6/c20-8-2-1-3-15(19(30)23-10-16(26)22-11-17(27)28)24-18(29)14(21)9-12-4-6-13(25)7-5-12/h4-7,14-15,25H,1-3,8-11,20-21H2,(H,22,26)(H,23,30)(H,24,29)(H,27,28). The number of unbranched alkanes of at least 4 members (excludes halogenated alkanes) is 1. The molecule has 0 radical (unpaired) electrons. The predicted octanol–water partition coefficient (Wildman–Crippen LogP) is -1.81. The monoisotopic (exact) mass is 423 g/mol. The number of carbonyl (C=O) groups excluding carboxylic acids is 3. The van der Waals surface area contributed by atoms with Crippen molar-refractivity contribution >= 4 is 23.7 Å². The van der Waals surface area contributed by atoms with Crippen LogP contribution in [-0.2, 0) is 25.6 Å². The largest absolute Gasteiger partial charge is 0.508 e. The number of rotatable bonds is 13. The number of carboxylic acid groups (broad SMARTS) is 1. The van der Waals surface area contributed by atoms with E-state index in [-0.39, 0.29) is 12.2 Å². The number of phenols is 1. The number of aromatic hydroxyl groups is 1. The van der Waals surface area contributed by atoms with E-state index in [9.17, 15) is 24.3 Å². The van der Waals surface area contributed by atoms with Crippen LogP contribution in [0.4, 0.5) is 0 Å². The lowest BCUT2D eigenvalue weighted by molar-refractivity contribution is -0.138. The summed E-state index contributed by atoms with van der Waals surface area (Å²) in [7, 11) is 0. The van der Waals surface area contributed by atoms with Crippen LogP contribution in [0.5, 0.6) is 5.75 Å². The van der Waals surface area contributed by atoms with Crippen molar-refractivity contribution in [2.45, 2.75) is 37.8 Å². The maximum absolute atomic E-state index is 12.4. The molecule has 0 spiro atoms. The molecule has 0 fully saturated rings. The highest BCUT2D eigenvalue weighted by Gasteiger charge is 2.24. The first-order chi connectivity index (χ1) is 14.2. The van der Waals surface area contributed by atoms with E-state index in [1.807, 2.05) is 0 Å². The van der Waals surface area contributed by atoms with Gasteiger partial charge in [0.25, 0.3) is 0 Å². The fourth-order valence-corrected chi connectivity index (χ4v) is 2.55. The van der Waals surface area contributed by atoms with Crippen LogP contribution < -0.4 is 27.4 Å². The van der Waals surface area contributed by atoms with Crippen molar-refractivity contribution in [3.8, 4) is 5.75 Å². The van der Waals surface area contributed by atoms with Crippen LogP contribution in [-0.4, -0.2) is 65.6 Å². The van der Waals surface area contributed by atoms with E-state index in [2.05, 4.69) is 16.0 Å². The predicted molar refractivity (Wildman–Crippen MR) is 108 cm³/mol. The second-order valence-electron chi connectivity index (χ2n) is 6.71. The molecule has 1 rings (SSSR count). The number of aliphatic carboxylic acids is 1. The first-order valence-corrected chi connectivity index (χ1v) is 9.53. The second-order valence-corrected chi connectivity index (χ2v) is 6.71. The van der Waals surface area contributed by atoms with E-state index >= 15 is 0 Å². The maximum atomic E-state index is 12.4. The third-order valence-corrected chi connectivity index (χ3v) is 4.17. The van der Waals surface area contributed by atoms with Gasteiger partial charge in [-0.1, -0.05) is 12.1 Å². The summed E-state index contributed by atoms with van der Waals surface area (Å²) in [6, 6.07) is 4.42.